The molecule has 4 nitrogen and oxygen atoms in total. The summed E-state index contributed by atoms with van der Waals surface area (Å²) in [5.74, 6) is 1.72. The Hall–Kier alpha value is -2.14. The van der Waals surface area contributed by atoms with Crippen LogP contribution >= 0.6 is 11.3 Å². The highest BCUT2D eigenvalue weighted by molar-refractivity contribution is 7.15. The second-order valence-electron chi connectivity index (χ2n) is 6.83. The molecule has 2 atom stereocenters. The Kier molecular flexibility index (Phi) is 5.47. The van der Waals surface area contributed by atoms with Gasteiger partial charge in [0.2, 0.25) is 0 Å². The number of hydrogen-bond donors (Lipinski definition) is 0. The number of carbonyl (C=O) groups excluding carboxylic acids is 1. The van der Waals surface area contributed by atoms with Crippen LogP contribution in [0.25, 0.3) is 16.2 Å². The molecule has 1 aromatic carbocycles. The molecule has 0 saturated heterocycles. The third kappa shape index (κ3) is 3.05. The van der Waals surface area contributed by atoms with Crippen molar-refractivity contribution in [3.8, 4) is 17.0 Å². The molecule has 138 valence electrons. The van der Waals surface area contributed by atoms with Crippen molar-refractivity contribution in [1.29, 1.82) is 0 Å². The fourth-order valence-electron chi connectivity index (χ4n) is 3.35. The fraction of sp³-hybridized carbons (Fsp3) is 0.429. The highest BCUT2D eigenvalue weighted by Crippen LogP contribution is 2.41. The molecule has 0 radical (unpaired) electrons. The maximum Gasteiger partial charge on any atom is 0.194 e. The van der Waals surface area contributed by atoms with Gasteiger partial charge in [0.25, 0.3) is 0 Å². The molecule has 3 aromatic rings. The molecule has 5 heteroatoms. The van der Waals surface area contributed by atoms with Crippen molar-refractivity contribution in [3.05, 3.63) is 40.5 Å². The average molecular weight is 371 g/mol. The quantitative estimate of drug-likeness (QED) is 0.486. The lowest BCUT2D eigenvalue weighted by Gasteiger charge is -2.22. The van der Waals surface area contributed by atoms with E-state index >= 15 is 0 Å². The van der Waals surface area contributed by atoms with Gasteiger partial charge in [0.15, 0.2) is 11.2 Å². The molecular formula is C21H26N2O2S. The van der Waals surface area contributed by atoms with Crippen LogP contribution in [0.5, 0.6) is 5.75 Å². The topological polar surface area (TPSA) is 43.6 Å². The minimum atomic E-state index is 0.371. The predicted molar refractivity (Wildman–Crippen MR) is 108 cm³/mol. The average Bonchev–Trinajstić information content (AvgIpc) is 3.26. The van der Waals surface area contributed by atoms with Crippen molar-refractivity contribution < 1.29 is 9.53 Å². The maximum absolute atomic E-state index is 11.8. The van der Waals surface area contributed by atoms with Gasteiger partial charge in [-0.25, -0.2) is 4.98 Å². The second-order valence-corrected chi connectivity index (χ2v) is 7.70. The zero-order valence-electron chi connectivity index (χ0n) is 16.1. The Balaban J connectivity index is 2.29. The number of ether oxygens (including phenoxy) is 1. The van der Waals surface area contributed by atoms with Crippen molar-refractivity contribution in [2.24, 2.45) is 0 Å². The zero-order chi connectivity index (χ0) is 18.8. The summed E-state index contributed by atoms with van der Waals surface area (Å²) in [5, 5.41) is 1.95. The van der Waals surface area contributed by atoms with Crippen molar-refractivity contribution >= 4 is 22.6 Å². The van der Waals surface area contributed by atoms with Crippen LogP contribution in [-0.2, 0) is 0 Å². The van der Waals surface area contributed by atoms with E-state index in [1.807, 2.05) is 16.0 Å². The summed E-state index contributed by atoms with van der Waals surface area (Å²) in [5.41, 5.74) is 4.74. The number of methoxy groups -OCH3 is 1. The Labute approximate surface area is 158 Å². The van der Waals surface area contributed by atoms with E-state index in [-0.39, 0.29) is 0 Å². The summed E-state index contributed by atoms with van der Waals surface area (Å²) in [6, 6.07) is 4.30. The van der Waals surface area contributed by atoms with Crippen molar-refractivity contribution in [3.63, 3.8) is 0 Å². The molecule has 0 aliphatic rings. The summed E-state index contributed by atoms with van der Waals surface area (Å²) in [4.78, 5) is 17.3. The van der Waals surface area contributed by atoms with E-state index in [9.17, 15) is 4.79 Å². The first-order valence-electron chi connectivity index (χ1n) is 9.18. The van der Waals surface area contributed by atoms with E-state index in [1.165, 1.54) is 22.5 Å². The minimum absolute atomic E-state index is 0.371. The first kappa shape index (κ1) is 18.6. The van der Waals surface area contributed by atoms with Gasteiger partial charge in [-0.3, -0.25) is 9.20 Å². The summed E-state index contributed by atoms with van der Waals surface area (Å²) in [6.45, 7) is 8.80. The van der Waals surface area contributed by atoms with Gasteiger partial charge in [0, 0.05) is 17.1 Å². The fourth-order valence-corrected chi connectivity index (χ4v) is 4.07. The van der Waals surface area contributed by atoms with Crippen molar-refractivity contribution in [2.75, 3.05) is 7.11 Å². The molecule has 26 heavy (non-hydrogen) atoms. The van der Waals surface area contributed by atoms with Crippen LogP contribution in [0, 0.1) is 0 Å². The van der Waals surface area contributed by atoms with Gasteiger partial charge in [-0.05, 0) is 47.9 Å². The number of carbonyl (C=O) groups is 1. The van der Waals surface area contributed by atoms with Crippen molar-refractivity contribution in [2.45, 2.75) is 52.4 Å². The Morgan fingerprint density at radius 3 is 2.31 bits per heavy atom. The van der Waals surface area contributed by atoms with E-state index in [0.29, 0.717) is 17.5 Å². The van der Waals surface area contributed by atoms with Gasteiger partial charge in [-0.1, -0.05) is 27.7 Å². The third-order valence-electron chi connectivity index (χ3n) is 5.32. The molecule has 2 aromatic heterocycles. The lowest BCUT2D eigenvalue weighted by atomic mass is 9.87. The number of imidazole rings is 1. The molecule has 0 fully saturated rings. The normalized spacial score (nSPS) is 13.7. The molecule has 0 aliphatic carbocycles. The second kappa shape index (κ2) is 7.62. The number of fused-ring (bicyclic) bond motifs is 1. The summed E-state index contributed by atoms with van der Waals surface area (Å²) in [6.07, 6.45) is 4.85. The SMILES string of the molecule is CCC(C)c1cc(-c2nc3sccn3c2C=O)cc(C(C)CC)c1OC. The number of aromatic nitrogens is 2. The molecule has 0 spiro atoms. The first-order chi connectivity index (χ1) is 12.5. The Bertz CT molecular complexity index is 894. The number of rotatable bonds is 7. The predicted octanol–water partition coefficient (Wildman–Crippen LogP) is 5.91. The number of thiazole rings is 1. The molecule has 2 unspecified atom stereocenters. The van der Waals surface area contributed by atoms with E-state index in [1.54, 1.807) is 7.11 Å². The standard InChI is InChI=1S/C21H26N2O2S/c1-6-13(3)16-10-15(11-17(14(4)7-2)20(16)25-5)19-18(12-24)23-8-9-26-21(23)22-19/h8-14H,6-7H2,1-5H3. The highest BCUT2D eigenvalue weighted by atomic mass is 32.1. The molecule has 0 N–H and O–H groups in total. The highest BCUT2D eigenvalue weighted by Gasteiger charge is 2.22. The van der Waals surface area contributed by atoms with Crippen LogP contribution < -0.4 is 4.74 Å². The first-order valence-corrected chi connectivity index (χ1v) is 10.1. The molecule has 0 amide bonds. The third-order valence-corrected chi connectivity index (χ3v) is 6.08. The maximum atomic E-state index is 11.8. The number of nitrogens with zero attached hydrogens (tertiary/aromatic N) is 2. The Morgan fingerprint density at radius 2 is 1.81 bits per heavy atom. The van der Waals surface area contributed by atoms with Gasteiger partial charge in [0.05, 0.1) is 7.11 Å². The van der Waals surface area contributed by atoms with E-state index in [0.717, 1.165) is 41.1 Å². The minimum Gasteiger partial charge on any atom is -0.496 e. The number of hydrogen-bond acceptors (Lipinski definition) is 4. The van der Waals surface area contributed by atoms with Gasteiger partial charge >= 0.3 is 0 Å². The molecule has 0 saturated carbocycles. The van der Waals surface area contributed by atoms with E-state index < -0.39 is 0 Å². The summed E-state index contributed by atoms with van der Waals surface area (Å²) in [7, 11) is 1.75. The number of aldehydes is 1. The van der Waals surface area contributed by atoms with Crippen LogP contribution in [0.4, 0.5) is 0 Å². The van der Waals surface area contributed by atoms with Crippen LogP contribution in [0.3, 0.4) is 0 Å². The van der Waals surface area contributed by atoms with Crippen molar-refractivity contribution in [1.82, 2.24) is 9.38 Å². The van der Waals surface area contributed by atoms with Gasteiger partial charge in [-0.15, -0.1) is 11.3 Å². The molecule has 0 bridgehead atoms. The van der Waals surface area contributed by atoms with Gasteiger partial charge < -0.3 is 4.74 Å². The lowest BCUT2D eigenvalue weighted by molar-refractivity contribution is 0.111. The van der Waals surface area contributed by atoms with Gasteiger partial charge in [-0.2, -0.15) is 0 Å². The summed E-state index contributed by atoms with van der Waals surface area (Å²) >= 11 is 1.54. The van der Waals surface area contributed by atoms with Crippen LogP contribution in [0.2, 0.25) is 0 Å². The van der Waals surface area contributed by atoms with Crippen LogP contribution in [0.15, 0.2) is 23.7 Å². The van der Waals surface area contributed by atoms with E-state index in [4.69, 9.17) is 9.72 Å². The zero-order valence-corrected chi connectivity index (χ0v) is 16.9. The summed E-state index contributed by atoms with van der Waals surface area (Å²) < 4.78 is 7.68. The van der Waals surface area contributed by atoms with Gasteiger partial charge in [0.1, 0.15) is 17.1 Å². The largest absolute Gasteiger partial charge is 0.496 e. The molecule has 0 aliphatic heterocycles. The number of benzene rings is 1. The molecule has 3 rings (SSSR count). The monoisotopic (exact) mass is 370 g/mol. The smallest absolute Gasteiger partial charge is 0.194 e. The van der Waals surface area contributed by atoms with Crippen LogP contribution in [0.1, 0.15) is 74.0 Å². The van der Waals surface area contributed by atoms with E-state index in [2.05, 4.69) is 39.8 Å². The molecule has 2 heterocycles. The molecular weight excluding hydrogens is 344 g/mol. The van der Waals surface area contributed by atoms with Crippen LogP contribution in [-0.4, -0.2) is 22.8 Å². The Morgan fingerprint density at radius 1 is 1.19 bits per heavy atom. The lowest BCUT2D eigenvalue weighted by Crippen LogP contribution is -2.04.